The van der Waals surface area contributed by atoms with Crippen LogP contribution in [0.1, 0.15) is 5.56 Å². The van der Waals surface area contributed by atoms with E-state index in [4.69, 9.17) is 5.73 Å². The molecule has 18 heavy (non-hydrogen) atoms. The summed E-state index contributed by atoms with van der Waals surface area (Å²) >= 11 is 0. The number of ether oxygens (including phenoxy) is 1. The Balaban J connectivity index is 2.57. The van der Waals surface area contributed by atoms with Gasteiger partial charge in [-0.25, -0.2) is 4.39 Å². The number of hydrogen-bond acceptors (Lipinski definition) is 2. The molecule has 0 heterocycles. The van der Waals surface area contributed by atoms with Gasteiger partial charge < -0.3 is 10.5 Å². The Hall–Kier alpha value is -1.56. The summed E-state index contributed by atoms with van der Waals surface area (Å²) in [5, 5.41) is 0. The molecule has 0 spiro atoms. The minimum atomic E-state index is -4.36. The number of halogens is 4. The van der Waals surface area contributed by atoms with E-state index in [1.165, 1.54) is 12.1 Å². The Labute approximate surface area is 102 Å². The van der Waals surface area contributed by atoms with Crippen molar-refractivity contribution >= 4 is 0 Å². The van der Waals surface area contributed by atoms with E-state index in [0.29, 0.717) is 18.3 Å². The molecular formula is C12H13F4NO. The van der Waals surface area contributed by atoms with Gasteiger partial charge in [0, 0.05) is 6.54 Å². The van der Waals surface area contributed by atoms with Gasteiger partial charge in [-0.3, -0.25) is 0 Å². The van der Waals surface area contributed by atoms with Gasteiger partial charge in [0.05, 0.1) is 6.33 Å². The third-order valence-electron chi connectivity index (χ3n) is 2.17. The minimum absolute atomic E-state index is 0.100. The third kappa shape index (κ3) is 5.18. The zero-order chi connectivity index (χ0) is 13.6. The van der Waals surface area contributed by atoms with Gasteiger partial charge in [-0.15, -0.1) is 0 Å². The lowest BCUT2D eigenvalue weighted by atomic mass is 10.1. The predicted molar refractivity (Wildman–Crippen MR) is 59.9 cm³/mol. The van der Waals surface area contributed by atoms with Crippen molar-refractivity contribution in [3.8, 4) is 5.75 Å². The summed E-state index contributed by atoms with van der Waals surface area (Å²) in [6.07, 6.45) is -3.59. The lowest BCUT2D eigenvalue weighted by Gasteiger charge is -2.09. The molecule has 6 heteroatoms. The van der Waals surface area contributed by atoms with Gasteiger partial charge in [0.1, 0.15) is 5.75 Å². The van der Waals surface area contributed by atoms with Crippen LogP contribution in [-0.4, -0.2) is 19.3 Å². The van der Waals surface area contributed by atoms with Crippen LogP contribution in [0.3, 0.4) is 0 Å². The van der Waals surface area contributed by atoms with Crippen LogP contribution in [0.25, 0.3) is 0 Å². The first-order valence-corrected chi connectivity index (χ1v) is 5.21. The lowest BCUT2D eigenvalue weighted by Crippen LogP contribution is -2.19. The molecule has 2 nitrogen and oxygen atoms in total. The second kappa shape index (κ2) is 6.39. The summed E-state index contributed by atoms with van der Waals surface area (Å²) in [5.74, 6) is 0.120. The van der Waals surface area contributed by atoms with Crippen LogP contribution in [0.5, 0.6) is 5.75 Å². The van der Waals surface area contributed by atoms with Crippen molar-refractivity contribution in [2.24, 2.45) is 5.73 Å². The highest BCUT2D eigenvalue weighted by Gasteiger charge is 2.28. The molecular weight excluding hydrogens is 250 g/mol. The molecule has 0 aliphatic heterocycles. The highest BCUT2D eigenvalue weighted by atomic mass is 19.4. The molecule has 2 N–H and O–H groups in total. The van der Waals surface area contributed by atoms with Crippen LogP contribution in [0.15, 0.2) is 36.2 Å². The summed E-state index contributed by atoms with van der Waals surface area (Å²) in [7, 11) is 0. The van der Waals surface area contributed by atoms with E-state index < -0.39 is 12.8 Å². The van der Waals surface area contributed by atoms with Crippen LogP contribution in [0.4, 0.5) is 17.6 Å². The van der Waals surface area contributed by atoms with E-state index in [2.05, 4.69) is 4.74 Å². The lowest BCUT2D eigenvalue weighted by molar-refractivity contribution is -0.153. The molecule has 0 bridgehead atoms. The summed E-state index contributed by atoms with van der Waals surface area (Å²) < 4.78 is 52.5. The highest BCUT2D eigenvalue weighted by Crippen LogP contribution is 2.19. The van der Waals surface area contributed by atoms with Crippen LogP contribution in [-0.2, 0) is 6.42 Å². The molecule has 0 fully saturated rings. The molecule has 1 aromatic rings. The maximum atomic E-state index is 12.3. The fraction of sp³-hybridized carbons (Fsp3) is 0.333. The fourth-order valence-corrected chi connectivity index (χ4v) is 1.29. The van der Waals surface area contributed by atoms with Crippen molar-refractivity contribution in [2.75, 3.05) is 13.2 Å². The van der Waals surface area contributed by atoms with Crippen LogP contribution < -0.4 is 10.5 Å². The van der Waals surface area contributed by atoms with Gasteiger partial charge >= 0.3 is 6.18 Å². The number of nitrogens with two attached hydrogens (primary N) is 1. The maximum Gasteiger partial charge on any atom is 0.422 e. The predicted octanol–water partition coefficient (Wildman–Crippen LogP) is 2.98. The minimum Gasteiger partial charge on any atom is -0.484 e. The van der Waals surface area contributed by atoms with Gasteiger partial charge in [0.25, 0.3) is 0 Å². The normalized spacial score (nSPS) is 12.6. The Morgan fingerprint density at radius 2 is 1.83 bits per heavy atom. The van der Waals surface area contributed by atoms with E-state index in [0.717, 1.165) is 5.56 Å². The molecule has 0 amide bonds. The topological polar surface area (TPSA) is 35.2 Å². The van der Waals surface area contributed by atoms with Crippen molar-refractivity contribution in [3.05, 3.63) is 41.7 Å². The smallest absolute Gasteiger partial charge is 0.422 e. The Kier molecular flexibility index (Phi) is 5.15. The van der Waals surface area contributed by atoms with Gasteiger partial charge in [-0.1, -0.05) is 12.1 Å². The van der Waals surface area contributed by atoms with Crippen molar-refractivity contribution < 1.29 is 22.3 Å². The average molecular weight is 263 g/mol. The number of alkyl halides is 3. The SMILES string of the molecule is NC/C(=C\F)Cc1ccc(OCC(F)(F)F)cc1. The molecule has 0 atom stereocenters. The van der Waals surface area contributed by atoms with E-state index >= 15 is 0 Å². The molecule has 0 aliphatic rings. The molecule has 0 unspecified atom stereocenters. The molecule has 1 aromatic carbocycles. The quantitative estimate of drug-likeness (QED) is 0.829. The van der Waals surface area contributed by atoms with Crippen LogP contribution >= 0.6 is 0 Å². The molecule has 0 aliphatic carbocycles. The van der Waals surface area contributed by atoms with Gasteiger partial charge in [-0.2, -0.15) is 13.2 Å². The van der Waals surface area contributed by atoms with E-state index in [1.54, 1.807) is 12.1 Å². The summed E-state index contributed by atoms with van der Waals surface area (Å²) in [6, 6.07) is 5.97. The van der Waals surface area contributed by atoms with E-state index in [9.17, 15) is 17.6 Å². The second-order valence-electron chi connectivity index (χ2n) is 3.70. The molecule has 0 aromatic heterocycles. The molecule has 0 saturated carbocycles. The van der Waals surface area contributed by atoms with E-state index in [-0.39, 0.29) is 12.3 Å². The van der Waals surface area contributed by atoms with E-state index in [1.807, 2.05) is 0 Å². The summed E-state index contributed by atoms with van der Waals surface area (Å²) in [6.45, 7) is -1.23. The first kappa shape index (κ1) is 14.5. The number of benzene rings is 1. The van der Waals surface area contributed by atoms with Crippen LogP contribution in [0.2, 0.25) is 0 Å². The molecule has 1 rings (SSSR count). The largest absolute Gasteiger partial charge is 0.484 e. The van der Waals surface area contributed by atoms with Crippen molar-refractivity contribution in [3.63, 3.8) is 0 Å². The van der Waals surface area contributed by atoms with Gasteiger partial charge in [-0.05, 0) is 29.7 Å². The second-order valence-corrected chi connectivity index (χ2v) is 3.70. The molecule has 100 valence electrons. The van der Waals surface area contributed by atoms with Gasteiger partial charge in [0.15, 0.2) is 6.61 Å². The molecule has 0 radical (unpaired) electrons. The molecule has 0 saturated heterocycles. The van der Waals surface area contributed by atoms with Crippen molar-refractivity contribution in [1.29, 1.82) is 0 Å². The zero-order valence-electron chi connectivity index (χ0n) is 9.51. The first-order chi connectivity index (χ1) is 8.44. The van der Waals surface area contributed by atoms with Crippen molar-refractivity contribution in [1.82, 2.24) is 0 Å². The third-order valence-corrected chi connectivity index (χ3v) is 2.17. The standard InChI is InChI=1S/C12H13F4NO/c13-6-10(7-17)5-9-1-3-11(4-2-9)18-8-12(14,15)16/h1-4,6H,5,7-8,17H2/b10-6-. The Morgan fingerprint density at radius 1 is 1.22 bits per heavy atom. The highest BCUT2D eigenvalue weighted by molar-refractivity contribution is 5.30. The van der Waals surface area contributed by atoms with Gasteiger partial charge in [0.2, 0.25) is 0 Å². The van der Waals surface area contributed by atoms with Crippen LogP contribution in [0, 0.1) is 0 Å². The first-order valence-electron chi connectivity index (χ1n) is 5.21. The number of hydrogen-bond donors (Lipinski definition) is 1. The maximum absolute atomic E-state index is 12.3. The summed E-state index contributed by atoms with van der Waals surface area (Å²) in [5.41, 5.74) is 6.47. The average Bonchev–Trinajstić information content (AvgIpc) is 2.34. The Bertz CT molecular complexity index is 398. The number of rotatable bonds is 5. The Morgan fingerprint density at radius 3 is 2.28 bits per heavy atom. The summed E-state index contributed by atoms with van der Waals surface area (Å²) in [4.78, 5) is 0. The monoisotopic (exact) mass is 263 g/mol. The fourth-order valence-electron chi connectivity index (χ4n) is 1.29. The zero-order valence-corrected chi connectivity index (χ0v) is 9.51. The van der Waals surface area contributed by atoms with Crippen molar-refractivity contribution in [2.45, 2.75) is 12.6 Å².